The normalized spacial score (nSPS) is 25.8. The van der Waals surface area contributed by atoms with E-state index in [9.17, 15) is 0 Å². The number of thioether (sulfide) groups is 1. The van der Waals surface area contributed by atoms with Crippen LogP contribution in [0.1, 0.15) is 46.0 Å². The fourth-order valence-electron chi connectivity index (χ4n) is 3.08. The summed E-state index contributed by atoms with van der Waals surface area (Å²) in [4.78, 5) is 2.71. The van der Waals surface area contributed by atoms with E-state index in [0.717, 1.165) is 12.0 Å². The average molecular weight is 270 g/mol. The molecule has 3 heteroatoms. The van der Waals surface area contributed by atoms with Gasteiger partial charge in [0.15, 0.2) is 0 Å². The number of nitrogens with zero attached hydrogens (tertiary/aromatic N) is 1. The second-order valence-electron chi connectivity index (χ2n) is 6.17. The van der Waals surface area contributed by atoms with Gasteiger partial charge in [0.2, 0.25) is 0 Å². The van der Waals surface area contributed by atoms with E-state index in [4.69, 9.17) is 0 Å². The summed E-state index contributed by atoms with van der Waals surface area (Å²) in [6.07, 6.45) is 9.11. The Morgan fingerprint density at radius 3 is 2.50 bits per heavy atom. The van der Waals surface area contributed by atoms with E-state index in [0.29, 0.717) is 4.75 Å². The standard InChI is InChI=1S/C15H30N2S/c1-4-15(5-2,18-3)12-17-9-8-13(11-17)10-16-14-6-7-14/h13-14,16H,4-12H2,1-3H3. The second-order valence-corrected chi connectivity index (χ2v) is 7.44. The van der Waals surface area contributed by atoms with Gasteiger partial charge in [-0.1, -0.05) is 13.8 Å². The van der Waals surface area contributed by atoms with Gasteiger partial charge in [0.1, 0.15) is 0 Å². The van der Waals surface area contributed by atoms with Crippen molar-refractivity contribution in [3.05, 3.63) is 0 Å². The summed E-state index contributed by atoms with van der Waals surface area (Å²) in [5.74, 6) is 0.902. The predicted molar refractivity (Wildman–Crippen MR) is 82.4 cm³/mol. The minimum atomic E-state index is 0.499. The fraction of sp³-hybridized carbons (Fsp3) is 1.00. The van der Waals surface area contributed by atoms with E-state index in [-0.39, 0.29) is 0 Å². The van der Waals surface area contributed by atoms with Gasteiger partial charge in [0.25, 0.3) is 0 Å². The highest BCUT2D eigenvalue weighted by Gasteiger charge is 2.32. The van der Waals surface area contributed by atoms with Crippen molar-refractivity contribution in [1.29, 1.82) is 0 Å². The Balaban J connectivity index is 1.73. The maximum absolute atomic E-state index is 3.69. The van der Waals surface area contributed by atoms with Gasteiger partial charge in [-0.2, -0.15) is 11.8 Å². The number of nitrogens with one attached hydrogen (secondary N) is 1. The Morgan fingerprint density at radius 1 is 1.22 bits per heavy atom. The Labute approximate surface area is 117 Å². The third-order valence-electron chi connectivity index (χ3n) is 4.88. The molecule has 2 fully saturated rings. The summed E-state index contributed by atoms with van der Waals surface area (Å²) < 4.78 is 0.499. The van der Waals surface area contributed by atoms with Crippen molar-refractivity contribution in [3.63, 3.8) is 0 Å². The minimum absolute atomic E-state index is 0.499. The molecule has 1 unspecified atom stereocenters. The predicted octanol–water partition coefficient (Wildman–Crippen LogP) is 2.98. The third kappa shape index (κ3) is 3.88. The summed E-state index contributed by atoms with van der Waals surface area (Å²) in [6, 6.07) is 0.871. The molecule has 18 heavy (non-hydrogen) atoms. The molecule has 0 aromatic rings. The molecule has 1 saturated heterocycles. The largest absolute Gasteiger partial charge is 0.314 e. The lowest BCUT2D eigenvalue weighted by Gasteiger charge is -2.34. The van der Waals surface area contributed by atoms with Gasteiger partial charge in [-0.3, -0.25) is 0 Å². The van der Waals surface area contributed by atoms with Crippen LogP contribution >= 0.6 is 11.8 Å². The van der Waals surface area contributed by atoms with Crippen LogP contribution in [0.5, 0.6) is 0 Å². The Morgan fingerprint density at radius 2 is 1.94 bits per heavy atom. The highest BCUT2D eigenvalue weighted by molar-refractivity contribution is 8.00. The molecular weight excluding hydrogens is 240 g/mol. The molecule has 0 aromatic heterocycles. The lowest BCUT2D eigenvalue weighted by atomic mass is 10.0. The van der Waals surface area contributed by atoms with Gasteiger partial charge in [0, 0.05) is 23.9 Å². The molecule has 0 spiro atoms. The van der Waals surface area contributed by atoms with Crippen LogP contribution in [0.4, 0.5) is 0 Å². The molecule has 1 heterocycles. The first kappa shape index (κ1) is 14.7. The van der Waals surface area contributed by atoms with E-state index in [1.807, 2.05) is 0 Å². The van der Waals surface area contributed by atoms with Gasteiger partial charge in [-0.05, 0) is 57.4 Å². The first-order valence-corrected chi connectivity index (χ1v) is 8.94. The van der Waals surface area contributed by atoms with E-state index >= 15 is 0 Å². The van der Waals surface area contributed by atoms with Gasteiger partial charge >= 0.3 is 0 Å². The molecule has 106 valence electrons. The molecule has 1 N–H and O–H groups in total. The zero-order valence-electron chi connectivity index (χ0n) is 12.4. The first-order chi connectivity index (χ1) is 8.71. The van der Waals surface area contributed by atoms with Crippen molar-refractivity contribution >= 4 is 11.8 Å². The van der Waals surface area contributed by atoms with Crippen molar-refractivity contribution in [3.8, 4) is 0 Å². The van der Waals surface area contributed by atoms with Crippen molar-refractivity contribution in [1.82, 2.24) is 10.2 Å². The summed E-state index contributed by atoms with van der Waals surface area (Å²) >= 11 is 2.08. The minimum Gasteiger partial charge on any atom is -0.314 e. The molecule has 0 aromatic carbocycles. The van der Waals surface area contributed by atoms with Gasteiger partial charge in [-0.25, -0.2) is 0 Å². The van der Waals surface area contributed by atoms with E-state index in [2.05, 4.69) is 42.1 Å². The summed E-state index contributed by atoms with van der Waals surface area (Å²) in [7, 11) is 0. The van der Waals surface area contributed by atoms with Crippen LogP contribution in [0.3, 0.4) is 0 Å². The number of rotatable bonds is 8. The Hall–Kier alpha value is 0.270. The maximum Gasteiger partial charge on any atom is 0.0279 e. The molecule has 0 radical (unpaired) electrons. The van der Waals surface area contributed by atoms with Crippen molar-refractivity contribution < 1.29 is 0 Å². The molecule has 0 amide bonds. The second kappa shape index (κ2) is 6.62. The van der Waals surface area contributed by atoms with Crippen molar-refractivity contribution in [2.45, 2.75) is 56.7 Å². The molecule has 2 aliphatic rings. The van der Waals surface area contributed by atoms with Gasteiger partial charge < -0.3 is 10.2 Å². The number of hydrogen-bond acceptors (Lipinski definition) is 3. The van der Waals surface area contributed by atoms with Crippen molar-refractivity contribution in [2.75, 3.05) is 32.4 Å². The maximum atomic E-state index is 3.69. The average Bonchev–Trinajstić information content (AvgIpc) is 3.14. The van der Waals surface area contributed by atoms with Crippen LogP contribution in [0, 0.1) is 5.92 Å². The summed E-state index contributed by atoms with van der Waals surface area (Å²) in [5.41, 5.74) is 0. The number of hydrogen-bond donors (Lipinski definition) is 1. The molecule has 1 aliphatic heterocycles. The summed E-state index contributed by atoms with van der Waals surface area (Å²) in [6.45, 7) is 9.89. The Bertz CT molecular complexity index is 241. The van der Waals surface area contributed by atoms with E-state index in [1.165, 1.54) is 58.3 Å². The zero-order valence-corrected chi connectivity index (χ0v) is 13.2. The number of likely N-dealkylation sites (tertiary alicyclic amines) is 1. The molecule has 2 rings (SSSR count). The zero-order chi connectivity index (χ0) is 13.0. The van der Waals surface area contributed by atoms with Crippen LogP contribution in [-0.2, 0) is 0 Å². The fourth-order valence-corrected chi connectivity index (χ4v) is 3.97. The molecule has 1 aliphatic carbocycles. The van der Waals surface area contributed by atoms with Crippen LogP contribution in [0.15, 0.2) is 0 Å². The monoisotopic (exact) mass is 270 g/mol. The topological polar surface area (TPSA) is 15.3 Å². The molecule has 1 atom stereocenters. The van der Waals surface area contributed by atoms with E-state index < -0.39 is 0 Å². The smallest absolute Gasteiger partial charge is 0.0279 e. The van der Waals surface area contributed by atoms with Crippen LogP contribution < -0.4 is 5.32 Å². The van der Waals surface area contributed by atoms with Crippen LogP contribution in [0.2, 0.25) is 0 Å². The van der Waals surface area contributed by atoms with Crippen molar-refractivity contribution in [2.24, 2.45) is 5.92 Å². The third-order valence-corrected chi connectivity index (χ3v) is 6.45. The highest BCUT2D eigenvalue weighted by Crippen LogP contribution is 2.33. The quantitative estimate of drug-likeness (QED) is 0.730. The molecular formula is C15H30N2S. The SMILES string of the molecule is CCC(CC)(CN1CCC(CNC2CC2)C1)SC. The Kier molecular flexibility index (Phi) is 5.40. The van der Waals surface area contributed by atoms with Crippen LogP contribution in [-0.4, -0.2) is 48.1 Å². The molecule has 2 nitrogen and oxygen atoms in total. The lowest BCUT2D eigenvalue weighted by Crippen LogP contribution is -2.39. The van der Waals surface area contributed by atoms with Gasteiger partial charge in [0.05, 0.1) is 0 Å². The first-order valence-electron chi connectivity index (χ1n) is 7.72. The van der Waals surface area contributed by atoms with E-state index in [1.54, 1.807) is 0 Å². The van der Waals surface area contributed by atoms with Crippen LogP contribution in [0.25, 0.3) is 0 Å². The lowest BCUT2D eigenvalue weighted by molar-refractivity contribution is 0.278. The summed E-state index contributed by atoms with van der Waals surface area (Å²) in [5, 5.41) is 3.69. The van der Waals surface area contributed by atoms with Gasteiger partial charge in [-0.15, -0.1) is 0 Å². The molecule has 0 bridgehead atoms. The molecule has 1 saturated carbocycles. The highest BCUT2D eigenvalue weighted by atomic mass is 32.2.